The van der Waals surface area contributed by atoms with Gasteiger partial charge in [0.05, 0.1) is 13.2 Å². The second kappa shape index (κ2) is 9.62. The number of benzene rings is 1. The normalized spacial score (nSPS) is 16.0. The largest absolute Gasteiger partial charge is 0.379 e. The van der Waals surface area contributed by atoms with Gasteiger partial charge >= 0.3 is 0 Å². The summed E-state index contributed by atoms with van der Waals surface area (Å²) in [6.07, 6.45) is 5.35. The molecule has 1 fully saturated rings. The van der Waals surface area contributed by atoms with Crippen molar-refractivity contribution in [1.82, 2.24) is 10.2 Å². The van der Waals surface area contributed by atoms with E-state index < -0.39 is 0 Å². The van der Waals surface area contributed by atoms with E-state index in [1.54, 1.807) is 6.08 Å². The number of ether oxygens (including phenoxy) is 1. The van der Waals surface area contributed by atoms with Crippen molar-refractivity contribution in [2.24, 2.45) is 0 Å². The van der Waals surface area contributed by atoms with Crippen LogP contribution in [0.25, 0.3) is 6.08 Å². The molecular formula is C17H23ClN2O2. The van der Waals surface area contributed by atoms with E-state index in [1.165, 1.54) is 6.08 Å². The third kappa shape index (κ3) is 6.18. The Bertz CT molecular complexity index is 499. The number of carbonyl (C=O) groups is 1. The quantitative estimate of drug-likeness (QED) is 0.619. The van der Waals surface area contributed by atoms with E-state index in [9.17, 15) is 4.79 Å². The fourth-order valence-corrected chi connectivity index (χ4v) is 2.53. The Labute approximate surface area is 137 Å². The first kappa shape index (κ1) is 17.0. The van der Waals surface area contributed by atoms with Crippen molar-refractivity contribution >= 4 is 23.6 Å². The zero-order chi connectivity index (χ0) is 15.6. The lowest BCUT2D eigenvalue weighted by atomic mass is 10.2. The highest BCUT2D eigenvalue weighted by molar-refractivity contribution is 6.32. The average molecular weight is 323 g/mol. The van der Waals surface area contributed by atoms with Crippen molar-refractivity contribution in [3.8, 4) is 0 Å². The van der Waals surface area contributed by atoms with Crippen molar-refractivity contribution in [3.05, 3.63) is 40.9 Å². The Morgan fingerprint density at radius 2 is 2.05 bits per heavy atom. The van der Waals surface area contributed by atoms with Crippen LogP contribution in [0.5, 0.6) is 0 Å². The minimum absolute atomic E-state index is 0.0775. The molecule has 1 aromatic carbocycles. The zero-order valence-electron chi connectivity index (χ0n) is 12.8. The Morgan fingerprint density at radius 1 is 1.27 bits per heavy atom. The van der Waals surface area contributed by atoms with Gasteiger partial charge in [-0.25, -0.2) is 0 Å². The van der Waals surface area contributed by atoms with E-state index >= 15 is 0 Å². The lowest BCUT2D eigenvalue weighted by Gasteiger charge is -2.26. The Balaban J connectivity index is 1.58. The molecule has 5 heteroatoms. The van der Waals surface area contributed by atoms with Gasteiger partial charge in [0.1, 0.15) is 0 Å². The maximum Gasteiger partial charge on any atom is 0.243 e. The number of nitrogens with one attached hydrogen (secondary N) is 1. The summed E-state index contributed by atoms with van der Waals surface area (Å²) < 4.78 is 5.31. The van der Waals surface area contributed by atoms with Crippen LogP contribution in [0.2, 0.25) is 5.02 Å². The van der Waals surface area contributed by atoms with Crippen LogP contribution in [-0.2, 0) is 9.53 Å². The van der Waals surface area contributed by atoms with Gasteiger partial charge < -0.3 is 10.1 Å². The van der Waals surface area contributed by atoms with Crippen LogP contribution in [0.3, 0.4) is 0 Å². The molecule has 1 aromatic rings. The summed E-state index contributed by atoms with van der Waals surface area (Å²) in [5.41, 5.74) is 0.853. The topological polar surface area (TPSA) is 41.6 Å². The fraction of sp³-hybridized carbons (Fsp3) is 0.471. The molecule has 0 unspecified atom stereocenters. The number of nitrogens with zero attached hydrogens (tertiary/aromatic N) is 1. The van der Waals surface area contributed by atoms with Crippen molar-refractivity contribution in [2.75, 3.05) is 39.4 Å². The second-order valence-corrected chi connectivity index (χ2v) is 5.71. The van der Waals surface area contributed by atoms with Gasteiger partial charge in [-0.15, -0.1) is 0 Å². The number of morpholine rings is 1. The first-order valence-electron chi connectivity index (χ1n) is 7.76. The lowest BCUT2D eigenvalue weighted by molar-refractivity contribution is -0.116. The summed E-state index contributed by atoms with van der Waals surface area (Å²) in [5.74, 6) is -0.0775. The van der Waals surface area contributed by atoms with E-state index in [-0.39, 0.29) is 5.91 Å². The number of hydrogen-bond acceptors (Lipinski definition) is 3. The maximum atomic E-state index is 11.7. The molecule has 4 nitrogen and oxygen atoms in total. The molecule has 1 heterocycles. The van der Waals surface area contributed by atoms with Crippen molar-refractivity contribution in [3.63, 3.8) is 0 Å². The predicted octanol–water partition coefficient (Wildman–Crippen LogP) is 2.58. The Morgan fingerprint density at radius 3 is 2.82 bits per heavy atom. The maximum absolute atomic E-state index is 11.7. The molecule has 0 aliphatic carbocycles. The Kier molecular flexibility index (Phi) is 7.43. The third-order valence-electron chi connectivity index (χ3n) is 3.62. The van der Waals surface area contributed by atoms with Gasteiger partial charge in [0.15, 0.2) is 0 Å². The number of rotatable bonds is 7. The fourth-order valence-electron chi connectivity index (χ4n) is 2.33. The van der Waals surface area contributed by atoms with E-state index in [2.05, 4.69) is 10.2 Å². The molecule has 120 valence electrons. The van der Waals surface area contributed by atoms with Crippen LogP contribution in [0, 0.1) is 0 Å². The van der Waals surface area contributed by atoms with Crippen LogP contribution < -0.4 is 5.32 Å². The molecule has 2 rings (SSSR count). The summed E-state index contributed by atoms with van der Waals surface area (Å²) >= 11 is 6.03. The van der Waals surface area contributed by atoms with Crippen LogP contribution >= 0.6 is 11.6 Å². The summed E-state index contributed by atoms with van der Waals surface area (Å²) in [5, 5.41) is 3.55. The van der Waals surface area contributed by atoms with E-state index in [4.69, 9.17) is 16.3 Å². The van der Waals surface area contributed by atoms with Gasteiger partial charge in [0.25, 0.3) is 0 Å². The van der Waals surface area contributed by atoms with E-state index in [0.29, 0.717) is 11.6 Å². The zero-order valence-corrected chi connectivity index (χ0v) is 13.5. The van der Waals surface area contributed by atoms with Gasteiger partial charge in [-0.1, -0.05) is 29.8 Å². The van der Waals surface area contributed by atoms with Crippen molar-refractivity contribution < 1.29 is 9.53 Å². The molecule has 0 bridgehead atoms. The molecule has 0 atom stereocenters. The highest BCUT2D eigenvalue weighted by Crippen LogP contribution is 2.15. The van der Waals surface area contributed by atoms with Crippen LogP contribution in [0.15, 0.2) is 30.3 Å². The number of amides is 1. The van der Waals surface area contributed by atoms with Gasteiger partial charge in [0, 0.05) is 30.7 Å². The third-order valence-corrected chi connectivity index (χ3v) is 3.97. The molecule has 1 aliphatic heterocycles. The first-order valence-corrected chi connectivity index (χ1v) is 8.14. The minimum Gasteiger partial charge on any atom is -0.379 e. The smallest absolute Gasteiger partial charge is 0.243 e. The van der Waals surface area contributed by atoms with Crippen molar-refractivity contribution in [1.29, 1.82) is 0 Å². The van der Waals surface area contributed by atoms with E-state index in [1.807, 2.05) is 24.3 Å². The highest BCUT2D eigenvalue weighted by atomic mass is 35.5. The molecule has 0 radical (unpaired) electrons. The molecule has 1 aliphatic rings. The molecular weight excluding hydrogens is 300 g/mol. The molecule has 0 saturated carbocycles. The predicted molar refractivity (Wildman–Crippen MR) is 90.0 cm³/mol. The second-order valence-electron chi connectivity index (χ2n) is 5.31. The first-order chi connectivity index (χ1) is 10.8. The molecule has 0 spiro atoms. The standard InChI is InChI=1S/C17H23ClN2O2/c18-16-6-2-1-5-15(16)7-8-17(21)19-9-3-4-10-20-11-13-22-14-12-20/h1-2,5-8H,3-4,9-14H2,(H,19,21)/b8-7-. The summed E-state index contributed by atoms with van der Waals surface area (Å²) in [6, 6.07) is 7.46. The van der Waals surface area contributed by atoms with Crippen LogP contribution in [0.4, 0.5) is 0 Å². The monoisotopic (exact) mass is 322 g/mol. The SMILES string of the molecule is O=C(/C=C\c1ccccc1Cl)NCCCCN1CCOCC1. The lowest BCUT2D eigenvalue weighted by Crippen LogP contribution is -2.37. The number of carbonyl (C=O) groups excluding carboxylic acids is 1. The average Bonchev–Trinajstić information content (AvgIpc) is 2.55. The molecule has 1 saturated heterocycles. The van der Waals surface area contributed by atoms with Crippen molar-refractivity contribution in [2.45, 2.75) is 12.8 Å². The summed E-state index contributed by atoms with van der Waals surface area (Å²) in [6.45, 7) is 5.50. The van der Waals surface area contributed by atoms with Gasteiger partial charge in [-0.05, 0) is 37.1 Å². The van der Waals surface area contributed by atoms with Gasteiger partial charge in [0.2, 0.25) is 5.91 Å². The number of hydrogen-bond donors (Lipinski definition) is 1. The molecule has 1 N–H and O–H groups in total. The molecule has 1 amide bonds. The number of unbranched alkanes of at least 4 members (excludes halogenated alkanes) is 1. The number of halogens is 1. The molecule has 0 aromatic heterocycles. The Hall–Kier alpha value is -1.36. The highest BCUT2D eigenvalue weighted by Gasteiger charge is 2.08. The van der Waals surface area contributed by atoms with Gasteiger partial charge in [-0.3, -0.25) is 9.69 Å². The summed E-state index contributed by atoms with van der Waals surface area (Å²) in [4.78, 5) is 14.1. The minimum atomic E-state index is -0.0775. The summed E-state index contributed by atoms with van der Waals surface area (Å²) in [7, 11) is 0. The van der Waals surface area contributed by atoms with Crippen LogP contribution in [0.1, 0.15) is 18.4 Å². The van der Waals surface area contributed by atoms with E-state index in [0.717, 1.165) is 51.3 Å². The molecule has 22 heavy (non-hydrogen) atoms. The van der Waals surface area contributed by atoms with Crippen LogP contribution in [-0.4, -0.2) is 50.2 Å². The van der Waals surface area contributed by atoms with Gasteiger partial charge in [-0.2, -0.15) is 0 Å².